The Labute approximate surface area is 156 Å². The van der Waals surface area contributed by atoms with Crippen LogP contribution in [0.25, 0.3) is 0 Å². The van der Waals surface area contributed by atoms with Crippen LogP contribution in [-0.2, 0) is 11.0 Å². The Morgan fingerprint density at radius 3 is 2.43 bits per heavy atom. The van der Waals surface area contributed by atoms with Gasteiger partial charge in [0.25, 0.3) is 5.91 Å². The van der Waals surface area contributed by atoms with Gasteiger partial charge in [-0.3, -0.25) is 4.79 Å². The second kappa shape index (κ2) is 7.82. The van der Waals surface area contributed by atoms with Gasteiger partial charge in [0.05, 0.1) is 17.2 Å². The minimum absolute atomic E-state index is 0.162. The minimum Gasteiger partial charge on any atom is -0.490 e. The van der Waals surface area contributed by atoms with Crippen molar-refractivity contribution < 1.29 is 36.6 Å². The molecule has 0 saturated carbocycles. The van der Waals surface area contributed by atoms with Gasteiger partial charge in [0.1, 0.15) is 12.4 Å². The monoisotopic (exact) mass is 400 g/mol. The van der Waals surface area contributed by atoms with Crippen LogP contribution < -0.4 is 10.1 Å². The Morgan fingerprint density at radius 1 is 1.18 bits per heavy atom. The molecule has 2 N–H and O–H groups in total. The summed E-state index contributed by atoms with van der Waals surface area (Å²) in [6, 6.07) is 6.47. The van der Waals surface area contributed by atoms with E-state index in [4.69, 9.17) is 10.00 Å². The van der Waals surface area contributed by atoms with Crippen molar-refractivity contribution >= 4 is 11.6 Å². The molecule has 28 heavy (non-hydrogen) atoms. The second-order valence-electron chi connectivity index (χ2n) is 5.96. The minimum atomic E-state index is -4.82. The molecule has 5 nitrogen and oxygen atoms in total. The van der Waals surface area contributed by atoms with Crippen LogP contribution in [0.5, 0.6) is 5.75 Å². The Kier molecular flexibility index (Phi) is 5.89. The molecule has 2 aromatic rings. The molecule has 1 amide bonds. The first-order valence-electron chi connectivity index (χ1n) is 7.67. The molecule has 0 heterocycles. The summed E-state index contributed by atoms with van der Waals surface area (Å²) >= 11 is 0. The van der Waals surface area contributed by atoms with Crippen molar-refractivity contribution in [3.8, 4) is 11.8 Å². The number of nitrogens with one attached hydrogen (secondary N) is 1. The lowest BCUT2D eigenvalue weighted by Gasteiger charge is -2.23. The second-order valence-corrected chi connectivity index (χ2v) is 5.96. The van der Waals surface area contributed by atoms with E-state index in [1.807, 2.05) is 0 Å². The first-order valence-corrected chi connectivity index (χ1v) is 7.67. The highest BCUT2D eigenvalue weighted by Crippen LogP contribution is 2.33. The quantitative estimate of drug-likeness (QED) is 0.751. The molecule has 2 rings (SSSR count). The van der Waals surface area contributed by atoms with Crippen LogP contribution in [0.1, 0.15) is 18.1 Å². The molecule has 0 aliphatic heterocycles. The first-order chi connectivity index (χ1) is 12.9. The number of hydrogen-bond donors (Lipinski definition) is 2. The third kappa shape index (κ3) is 4.95. The predicted molar refractivity (Wildman–Crippen MR) is 87.3 cm³/mol. The van der Waals surface area contributed by atoms with E-state index < -0.39 is 47.1 Å². The Hall–Kier alpha value is -3.19. The van der Waals surface area contributed by atoms with E-state index in [-0.39, 0.29) is 11.4 Å². The average Bonchev–Trinajstić information content (AvgIpc) is 2.62. The number of benzene rings is 2. The molecule has 2 aromatic carbocycles. The zero-order valence-corrected chi connectivity index (χ0v) is 14.3. The van der Waals surface area contributed by atoms with E-state index in [1.54, 1.807) is 0 Å². The van der Waals surface area contributed by atoms with Gasteiger partial charge in [0.2, 0.25) is 0 Å². The fraction of sp³-hybridized carbons (Fsp3) is 0.222. The number of aliphatic hydroxyl groups is 1. The summed E-state index contributed by atoms with van der Waals surface area (Å²) in [5, 5.41) is 21.0. The highest BCUT2D eigenvalue weighted by atomic mass is 19.4. The van der Waals surface area contributed by atoms with Crippen LogP contribution in [0.4, 0.5) is 27.6 Å². The normalized spacial score (nSPS) is 13.4. The summed E-state index contributed by atoms with van der Waals surface area (Å²) in [5.41, 5.74) is -4.38. The maximum atomic E-state index is 13.1. The molecule has 10 heteroatoms. The first kappa shape index (κ1) is 21.1. The molecule has 1 unspecified atom stereocenters. The number of ether oxygens (including phenoxy) is 1. The van der Waals surface area contributed by atoms with E-state index in [0.717, 1.165) is 31.2 Å². The van der Waals surface area contributed by atoms with E-state index in [1.165, 1.54) is 6.07 Å². The number of anilines is 1. The molecule has 0 radical (unpaired) electrons. The van der Waals surface area contributed by atoms with Gasteiger partial charge in [-0.1, -0.05) is 0 Å². The molecule has 1 atom stereocenters. The van der Waals surface area contributed by atoms with Crippen LogP contribution in [-0.4, -0.2) is 23.2 Å². The summed E-state index contributed by atoms with van der Waals surface area (Å²) in [5.74, 6) is -3.57. The Morgan fingerprint density at radius 2 is 1.86 bits per heavy atom. The van der Waals surface area contributed by atoms with Crippen LogP contribution in [0.2, 0.25) is 0 Å². The Bertz CT molecular complexity index is 936. The topological polar surface area (TPSA) is 82.3 Å². The summed E-state index contributed by atoms with van der Waals surface area (Å²) < 4.78 is 69.9. The molecule has 0 aliphatic rings. The predicted octanol–water partition coefficient (Wildman–Crippen LogP) is 3.62. The van der Waals surface area contributed by atoms with Gasteiger partial charge in [-0.15, -0.1) is 0 Å². The van der Waals surface area contributed by atoms with Crippen LogP contribution in [0.15, 0.2) is 36.4 Å². The highest BCUT2D eigenvalue weighted by molar-refractivity contribution is 5.97. The summed E-state index contributed by atoms with van der Waals surface area (Å²) in [6.45, 7) is 0.336. The third-order valence-corrected chi connectivity index (χ3v) is 3.60. The molecule has 0 aliphatic carbocycles. The van der Waals surface area contributed by atoms with Crippen molar-refractivity contribution in [3.63, 3.8) is 0 Å². The van der Waals surface area contributed by atoms with Crippen molar-refractivity contribution in [2.45, 2.75) is 18.7 Å². The van der Waals surface area contributed by atoms with Crippen LogP contribution in [0.3, 0.4) is 0 Å². The number of nitrogens with zero attached hydrogens (tertiary/aromatic N) is 1. The summed E-state index contributed by atoms with van der Waals surface area (Å²) in [7, 11) is 0. The summed E-state index contributed by atoms with van der Waals surface area (Å²) in [6.07, 6.45) is -4.82. The van der Waals surface area contributed by atoms with Crippen molar-refractivity contribution in [1.29, 1.82) is 5.26 Å². The van der Waals surface area contributed by atoms with Gasteiger partial charge in [0.15, 0.2) is 17.2 Å². The van der Waals surface area contributed by atoms with Gasteiger partial charge < -0.3 is 15.2 Å². The van der Waals surface area contributed by atoms with Gasteiger partial charge in [-0.2, -0.15) is 18.4 Å². The number of hydrogen-bond acceptors (Lipinski definition) is 4. The lowest BCUT2D eigenvalue weighted by molar-refractivity contribution is -0.138. The lowest BCUT2D eigenvalue weighted by Crippen LogP contribution is -2.45. The van der Waals surface area contributed by atoms with Gasteiger partial charge in [-0.25, -0.2) is 8.78 Å². The number of rotatable bonds is 5. The molecule has 0 bridgehead atoms. The fourth-order valence-electron chi connectivity index (χ4n) is 2.08. The highest BCUT2D eigenvalue weighted by Gasteiger charge is 2.35. The maximum Gasteiger partial charge on any atom is 0.417 e. The van der Waals surface area contributed by atoms with E-state index in [0.29, 0.717) is 12.1 Å². The summed E-state index contributed by atoms with van der Waals surface area (Å²) in [4.78, 5) is 12.2. The lowest BCUT2D eigenvalue weighted by atomic mass is 10.1. The standard InChI is InChI=1S/C18H13F5N2O3/c1-17(27,9-28-12-4-5-14(19)15(20)7-12)16(26)25-11-3-2-10(8-24)13(6-11)18(21,22)23/h2-7,27H,9H2,1H3,(H,25,26). The number of carbonyl (C=O) groups excluding carboxylic acids is 1. The maximum absolute atomic E-state index is 13.1. The zero-order chi connectivity index (χ0) is 21.1. The third-order valence-electron chi connectivity index (χ3n) is 3.60. The smallest absolute Gasteiger partial charge is 0.417 e. The van der Waals surface area contributed by atoms with Crippen molar-refractivity contribution in [1.82, 2.24) is 0 Å². The van der Waals surface area contributed by atoms with Gasteiger partial charge >= 0.3 is 6.18 Å². The number of carbonyl (C=O) groups is 1. The van der Waals surface area contributed by atoms with Crippen molar-refractivity contribution in [2.75, 3.05) is 11.9 Å². The largest absolute Gasteiger partial charge is 0.490 e. The molecule has 0 spiro atoms. The number of halogens is 5. The van der Waals surface area contributed by atoms with Crippen molar-refractivity contribution in [3.05, 3.63) is 59.2 Å². The van der Waals surface area contributed by atoms with Gasteiger partial charge in [0, 0.05) is 11.8 Å². The Balaban J connectivity index is 2.12. The molecular formula is C18H13F5N2O3. The number of amides is 1. The van der Waals surface area contributed by atoms with Crippen LogP contribution in [0, 0.1) is 23.0 Å². The van der Waals surface area contributed by atoms with Gasteiger partial charge in [-0.05, 0) is 37.3 Å². The zero-order valence-electron chi connectivity index (χ0n) is 14.3. The molecular weight excluding hydrogens is 387 g/mol. The number of nitriles is 1. The number of alkyl halides is 3. The van der Waals surface area contributed by atoms with E-state index >= 15 is 0 Å². The molecule has 0 fully saturated rings. The van der Waals surface area contributed by atoms with Crippen LogP contribution >= 0.6 is 0 Å². The molecule has 0 saturated heterocycles. The van der Waals surface area contributed by atoms with Crippen molar-refractivity contribution in [2.24, 2.45) is 0 Å². The molecule has 148 valence electrons. The fourth-order valence-corrected chi connectivity index (χ4v) is 2.08. The molecule has 0 aromatic heterocycles. The average molecular weight is 400 g/mol. The SMILES string of the molecule is CC(O)(COc1ccc(F)c(F)c1)C(=O)Nc1ccc(C#N)c(C(F)(F)F)c1. The van der Waals surface area contributed by atoms with E-state index in [9.17, 15) is 31.9 Å². The van der Waals surface area contributed by atoms with E-state index in [2.05, 4.69) is 5.32 Å².